The number of nitrogens with zero attached hydrogens (tertiary/aromatic N) is 3. The van der Waals surface area contributed by atoms with Crippen LogP contribution >= 0.6 is 0 Å². The first-order chi connectivity index (χ1) is 12.4. The SMILES string of the molecule is Cc1[nH]c2ncc(-c3cccc(N4C=CCNC4)n3)cc2c1C(F)(F)F. The van der Waals surface area contributed by atoms with E-state index in [0.29, 0.717) is 23.7 Å². The number of fused-ring (bicyclic) bond motifs is 1. The predicted octanol–water partition coefficient (Wildman–Crippen LogP) is 3.83. The highest BCUT2D eigenvalue weighted by atomic mass is 19.4. The van der Waals surface area contributed by atoms with Crippen LogP contribution in [0, 0.1) is 6.92 Å². The topological polar surface area (TPSA) is 56.8 Å². The molecule has 8 heteroatoms. The van der Waals surface area contributed by atoms with Gasteiger partial charge in [-0.25, -0.2) is 9.97 Å². The van der Waals surface area contributed by atoms with Gasteiger partial charge in [0.25, 0.3) is 0 Å². The molecule has 3 aromatic heterocycles. The Morgan fingerprint density at radius 2 is 2.08 bits per heavy atom. The molecule has 5 nitrogen and oxygen atoms in total. The number of H-pyrrole nitrogens is 1. The van der Waals surface area contributed by atoms with E-state index in [1.54, 1.807) is 6.07 Å². The lowest BCUT2D eigenvalue weighted by Gasteiger charge is -2.23. The van der Waals surface area contributed by atoms with Crippen molar-refractivity contribution in [2.24, 2.45) is 0 Å². The maximum Gasteiger partial charge on any atom is 0.418 e. The van der Waals surface area contributed by atoms with E-state index in [1.807, 2.05) is 29.3 Å². The molecule has 0 bridgehead atoms. The first kappa shape index (κ1) is 16.6. The van der Waals surface area contributed by atoms with Crippen molar-refractivity contribution in [3.05, 3.63) is 54.0 Å². The van der Waals surface area contributed by atoms with Crippen molar-refractivity contribution in [1.82, 2.24) is 20.3 Å². The molecule has 0 saturated carbocycles. The minimum atomic E-state index is -4.44. The molecule has 4 heterocycles. The summed E-state index contributed by atoms with van der Waals surface area (Å²) in [6, 6.07) is 6.94. The lowest BCUT2D eigenvalue weighted by molar-refractivity contribution is -0.136. The number of anilines is 1. The molecule has 0 aromatic carbocycles. The number of hydrogen-bond donors (Lipinski definition) is 2. The first-order valence-electron chi connectivity index (χ1n) is 8.10. The van der Waals surface area contributed by atoms with Gasteiger partial charge in [-0.15, -0.1) is 0 Å². The zero-order chi connectivity index (χ0) is 18.3. The summed E-state index contributed by atoms with van der Waals surface area (Å²) in [6.45, 7) is 2.82. The number of aryl methyl sites for hydroxylation is 1. The summed E-state index contributed by atoms with van der Waals surface area (Å²) in [7, 11) is 0. The number of hydrogen-bond acceptors (Lipinski definition) is 4. The number of pyridine rings is 2. The van der Waals surface area contributed by atoms with Crippen molar-refractivity contribution in [2.45, 2.75) is 13.1 Å². The molecule has 0 unspecified atom stereocenters. The molecule has 1 aliphatic rings. The minimum Gasteiger partial charge on any atom is -0.343 e. The van der Waals surface area contributed by atoms with Gasteiger partial charge in [-0.1, -0.05) is 12.1 Å². The van der Waals surface area contributed by atoms with Gasteiger partial charge in [-0.05, 0) is 25.1 Å². The van der Waals surface area contributed by atoms with Crippen molar-refractivity contribution in [3.63, 3.8) is 0 Å². The van der Waals surface area contributed by atoms with E-state index in [1.165, 1.54) is 19.2 Å². The van der Waals surface area contributed by atoms with Gasteiger partial charge in [0.15, 0.2) is 0 Å². The molecule has 0 saturated heterocycles. The Morgan fingerprint density at radius 3 is 2.81 bits per heavy atom. The van der Waals surface area contributed by atoms with E-state index in [9.17, 15) is 13.2 Å². The van der Waals surface area contributed by atoms with Crippen LogP contribution in [0.2, 0.25) is 0 Å². The second-order valence-corrected chi connectivity index (χ2v) is 6.09. The van der Waals surface area contributed by atoms with Crippen LogP contribution in [0.4, 0.5) is 19.0 Å². The number of aromatic amines is 1. The van der Waals surface area contributed by atoms with Crippen molar-refractivity contribution in [1.29, 1.82) is 0 Å². The fourth-order valence-corrected chi connectivity index (χ4v) is 3.10. The second kappa shape index (κ2) is 6.14. The van der Waals surface area contributed by atoms with Crippen molar-refractivity contribution in [2.75, 3.05) is 18.1 Å². The van der Waals surface area contributed by atoms with Gasteiger partial charge in [-0.2, -0.15) is 13.2 Å². The van der Waals surface area contributed by atoms with E-state index >= 15 is 0 Å². The standard InChI is InChI=1S/C18H16F3N5/c1-11-16(18(19,20)21)13-8-12(9-23-17(13)24-11)14-4-2-5-15(25-14)26-7-3-6-22-10-26/h2-5,7-9,22H,6,10H2,1H3,(H,23,24). The molecule has 0 amide bonds. The van der Waals surface area contributed by atoms with Crippen LogP contribution in [0.25, 0.3) is 22.3 Å². The average Bonchev–Trinajstić information content (AvgIpc) is 2.97. The van der Waals surface area contributed by atoms with Gasteiger partial charge in [0.05, 0.1) is 17.9 Å². The smallest absolute Gasteiger partial charge is 0.343 e. The number of nitrogens with one attached hydrogen (secondary N) is 2. The molecule has 3 aromatic rings. The molecule has 134 valence electrons. The van der Waals surface area contributed by atoms with Gasteiger partial charge in [0.1, 0.15) is 11.5 Å². The lowest BCUT2D eigenvalue weighted by Crippen LogP contribution is -2.34. The van der Waals surface area contributed by atoms with Crippen LogP contribution in [0.15, 0.2) is 42.7 Å². The Morgan fingerprint density at radius 1 is 1.23 bits per heavy atom. The maximum absolute atomic E-state index is 13.4. The van der Waals surface area contributed by atoms with Crippen molar-refractivity contribution in [3.8, 4) is 11.3 Å². The Kier molecular flexibility index (Phi) is 3.91. The third kappa shape index (κ3) is 2.92. The zero-order valence-electron chi connectivity index (χ0n) is 13.9. The number of rotatable bonds is 2. The fourth-order valence-electron chi connectivity index (χ4n) is 3.10. The average molecular weight is 359 g/mol. The first-order valence-corrected chi connectivity index (χ1v) is 8.10. The molecular formula is C18H16F3N5. The number of aromatic nitrogens is 3. The molecule has 4 rings (SSSR count). The van der Waals surface area contributed by atoms with E-state index in [2.05, 4.69) is 20.3 Å². The molecule has 26 heavy (non-hydrogen) atoms. The van der Waals surface area contributed by atoms with E-state index in [4.69, 9.17) is 0 Å². The lowest BCUT2D eigenvalue weighted by atomic mass is 10.1. The zero-order valence-corrected chi connectivity index (χ0v) is 13.9. The van der Waals surface area contributed by atoms with Gasteiger partial charge < -0.3 is 9.88 Å². The molecule has 0 fully saturated rings. The summed E-state index contributed by atoms with van der Waals surface area (Å²) >= 11 is 0. The van der Waals surface area contributed by atoms with Gasteiger partial charge >= 0.3 is 6.18 Å². The number of alkyl halides is 3. The number of halogens is 3. The summed E-state index contributed by atoms with van der Waals surface area (Å²) in [5.41, 5.74) is 0.711. The van der Waals surface area contributed by atoms with Crippen LogP contribution < -0.4 is 10.2 Å². The highest BCUT2D eigenvalue weighted by Gasteiger charge is 2.36. The molecular weight excluding hydrogens is 343 g/mol. The maximum atomic E-state index is 13.4. The normalized spacial score (nSPS) is 15.0. The van der Waals surface area contributed by atoms with Crippen LogP contribution in [-0.2, 0) is 6.18 Å². The van der Waals surface area contributed by atoms with Crippen molar-refractivity contribution >= 4 is 16.9 Å². The third-order valence-corrected chi connectivity index (χ3v) is 4.28. The minimum absolute atomic E-state index is 0.0549. The van der Waals surface area contributed by atoms with Crippen molar-refractivity contribution < 1.29 is 13.2 Å². The summed E-state index contributed by atoms with van der Waals surface area (Å²) in [6.07, 6.45) is 1.00. The Balaban J connectivity index is 1.80. The highest BCUT2D eigenvalue weighted by Crippen LogP contribution is 2.38. The predicted molar refractivity (Wildman–Crippen MR) is 93.6 cm³/mol. The fraction of sp³-hybridized carbons (Fsp3) is 0.222. The highest BCUT2D eigenvalue weighted by molar-refractivity contribution is 5.86. The molecule has 0 spiro atoms. The van der Waals surface area contributed by atoms with Crippen LogP contribution in [-0.4, -0.2) is 28.2 Å². The summed E-state index contributed by atoms with van der Waals surface area (Å²) in [5, 5.41) is 3.26. The Labute approximate surface area is 147 Å². The summed E-state index contributed by atoms with van der Waals surface area (Å²) in [4.78, 5) is 13.4. The largest absolute Gasteiger partial charge is 0.418 e. The third-order valence-electron chi connectivity index (χ3n) is 4.28. The van der Waals surface area contributed by atoms with Crippen LogP contribution in [0.3, 0.4) is 0 Å². The summed E-state index contributed by atoms with van der Waals surface area (Å²) < 4.78 is 40.1. The second-order valence-electron chi connectivity index (χ2n) is 6.09. The monoisotopic (exact) mass is 359 g/mol. The Hall–Kier alpha value is -2.87. The van der Waals surface area contributed by atoms with Crippen LogP contribution in [0.1, 0.15) is 11.3 Å². The van der Waals surface area contributed by atoms with Gasteiger partial charge in [0, 0.05) is 35.6 Å². The molecule has 2 N–H and O–H groups in total. The quantitative estimate of drug-likeness (QED) is 0.730. The molecule has 1 aliphatic heterocycles. The molecule has 0 aliphatic carbocycles. The van der Waals surface area contributed by atoms with Gasteiger partial charge in [-0.3, -0.25) is 5.32 Å². The van der Waals surface area contributed by atoms with E-state index in [-0.39, 0.29) is 16.7 Å². The summed E-state index contributed by atoms with van der Waals surface area (Å²) in [5.74, 6) is 0.715. The van der Waals surface area contributed by atoms with E-state index < -0.39 is 11.7 Å². The van der Waals surface area contributed by atoms with Gasteiger partial charge in [0.2, 0.25) is 0 Å². The molecule has 0 radical (unpaired) electrons. The van der Waals surface area contributed by atoms with Crippen LogP contribution in [0.5, 0.6) is 0 Å². The molecule has 0 atom stereocenters. The van der Waals surface area contributed by atoms with E-state index in [0.717, 1.165) is 6.54 Å². The Bertz CT molecular complexity index is 990.